The minimum Gasteiger partial charge on any atom is -0.486 e. The molecule has 0 aliphatic carbocycles. The van der Waals surface area contributed by atoms with Crippen LogP contribution in [0.15, 0.2) is 47.6 Å². The average molecular weight is 405 g/mol. The van der Waals surface area contributed by atoms with E-state index in [1.807, 2.05) is 18.2 Å². The van der Waals surface area contributed by atoms with Crippen molar-refractivity contribution >= 4 is 28.7 Å². The number of ether oxygens (including phenoxy) is 2. The molecule has 0 fully saturated rings. The molecule has 1 aliphatic rings. The van der Waals surface area contributed by atoms with E-state index in [1.54, 1.807) is 24.3 Å². The Hall–Kier alpha value is -2.81. The molecule has 28 heavy (non-hydrogen) atoms. The third-order valence-corrected chi connectivity index (χ3v) is 4.94. The van der Waals surface area contributed by atoms with E-state index in [4.69, 9.17) is 9.47 Å². The van der Waals surface area contributed by atoms with Crippen molar-refractivity contribution < 1.29 is 23.0 Å². The quantitative estimate of drug-likeness (QED) is 0.637. The Morgan fingerprint density at radius 1 is 1.18 bits per heavy atom. The predicted octanol–water partition coefficient (Wildman–Crippen LogP) is 3.44. The molecule has 0 bridgehead atoms. The molecule has 1 aliphatic heterocycles. The molecule has 4 rings (SSSR count). The van der Waals surface area contributed by atoms with Gasteiger partial charge in [-0.05, 0) is 30.0 Å². The molecule has 2 heterocycles. The number of thioether (sulfide) groups is 1. The van der Waals surface area contributed by atoms with Gasteiger partial charge in [0.1, 0.15) is 19.8 Å². The summed E-state index contributed by atoms with van der Waals surface area (Å²) >= 11 is 0.328. The summed E-state index contributed by atoms with van der Waals surface area (Å²) in [7, 11) is 0. The number of benzene rings is 2. The molecule has 9 heteroatoms. The van der Waals surface area contributed by atoms with Crippen LogP contribution in [-0.2, 0) is 17.9 Å². The highest BCUT2D eigenvalue weighted by molar-refractivity contribution is 7.99. The summed E-state index contributed by atoms with van der Waals surface area (Å²) in [5.74, 6) is -1.66. The van der Waals surface area contributed by atoms with E-state index < -0.39 is 5.76 Å². The molecular formula is C19H17F2N3O3S. The van der Waals surface area contributed by atoms with Gasteiger partial charge in [-0.25, -0.2) is 4.98 Å². The van der Waals surface area contributed by atoms with Gasteiger partial charge in [0, 0.05) is 12.1 Å². The van der Waals surface area contributed by atoms with Crippen molar-refractivity contribution in [3.8, 4) is 11.5 Å². The summed E-state index contributed by atoms with van der Waals surface area (Å²) < 4.78 is 38.4. The zero-order chi connectivity index (χ0) is 19.5. The van der Waals surface area contributed by atoms with E-state index in [0.29, 0.717) is 47.5 Å². The first kappa shape index (κ1) is 18.5. The van der Waals surface area contributed by atoms with Gasteiger partial charge in [-0.2, -0.15) is 8.78 Å². The lowest BCUT2D eigenvalue weighted by Crippen LogP contribution is -2.28. The normalized spacial score (nSPS) is 13.1. The molecule has 1 amide bonds. The van der Waals surface area contributed by atoms with Crippen LogP contribution in [0.1, 0.15) is 5.56 Å². The zero-order valence-electron chi connectivity index (χ0n) is 14.7. The van der Waals surface area contributed by atoms with Crippen LogP contribution in [0.3, 0.4) is 0 Å². The summed E-state index contributed by atoms with van der Waals surface area (Å²) in [6.07, 6.45) is 0. The van der Waals surface area contributed by atoms with Crippen LogP contribution in [0.5, 0.6) is 11.5 Å². The van der Waals surface area contributed by atoms with Gasteiger partial charge in [0.05, 0.1) is 11.0 Å². The van der Waals surface area contributed by atoms with E-state index in [1.165, 1.54) is 4.57 Å². The van der Waals surface area contributed by atoms with E-state index in [-0.39, 0.29) is 24.2 Å². The predicted molar refractivity (Wildman–Crippen MR) is 101 cm³/mol. The average Bonchev–Trinajstić information content (AvgIpc) is 3.02. The SMILES string of the molecule is O=C(Cn1c(SC(F)F)nc2ccccc21)NCc1cccc2c1OCCO2. The first-order valence-corrected chi connectivity index (χ1v) is 9.54. The number of rotatable bonds is 6. The fourth-order valence-electron chi connectivity index (χ4n) is 3.04. The molecule has 0 atom stereocenters. The fourth-order valence-corrected chi connectivity index (χ4v) is 3.64. The molecule has 0 unspecified atom stereocenters. The number of nitrogens with one attached hydrogen (secondary N) is 1. The number of carbonyl (C=O) groups excluding carboxylic acids is 1. The summed E-state index contributed by atoms with van der Waals surface area (Å²) in [6.45, 7) is 1.07. The van der Waals surface area contributed by atoms with Crippen LogP contribution < -0.4 is 14.8 Å². The molecule has 2 aromatic carbocycles. The summed E-state index contributed by atoms with van der Waals surface area (Å²) in [6, 6.07) is 12.5. The van der Waals surface area contributed by atoms with Crippen molar-refractivity contribution in [3.63, 3.8) is 0 Å². The number of amides is 1. The standard InChI is InChI=1S/C19H17F2N3O3S/c20-18(21)28-19-23-13-5-1-2-6-14(13)24(19)11-16(25)22-10-12-4-3-7-15-17(12)27-9-8-26-15/h1-7,18H,8-11H2,(H,22,25). The van der Waals surface area contributed by atoms with Crippen LogP contribution in [0.2, 0.25) is 0 Å². The van der Waals surface area contributed by atoms with Crippen molar-refractivity contribution in [2.45, 2.75) is 24.0 Å². The van der Waals surface area contributed by atoms with E-state index in [9.17, 15) is 13.6 Å². The molecular weight excluding hydrogens is 388 g/mol. The molecule has 0 radical (unpaired) electrons. The maximum atomic E-state index is 12.9. The number of halogens is 2. The minimum absolute atomic E-state index is 0.109. The van der Waals surface area contributed by atoms with Crippen LogP contribution in [-0.4, -0.2) is 34.4 Å². The Balaban J connectivity index is 1.50. The van der Waals surface area contributed by atoms with Crippen molar-refractivity contribution in [2.24, 2.45) is 0 Å². The third-order valence-electron chi connectivity index (χ3n) is 4.24. The van der Waals surface area contributed by atoms with Crippen LogP contribution in [0.25, 0.3) is 11.0 Å². The van der Waals surface area contributed by atoms with E-state index in [2.05, 4.69) is 10.3 Å². The Bertz CT molecular complexity index is 1010. The molecule has 6 nitrogen and oxygen atoms in total. The van der Waals surface area contributed by atoms with Gasteiger partial charge in [0.15, 0.2) is 16.7 Å². The molecule has 0 spiro atoms. The number of carbonyl (C=O) groups is 1. The molecule has 1 aromatic heterocycles. The van der Waals surface area contributed by atoms with Crippen LogP contribution in [0.4, 0.5) is 8.78 Å². The molecule has 146 valence electrons. The largest absolute Gasteiger partial charge is 0.486 e. The highest BCUT2D eigenvalue weighted by Crippen LogP contribution is 2.33. The highest BCUT2D eigenvalue weighted by Gasteiger charge is 2.19. The van der Waals surface area contributed by atoms with Gasteiger partial charge in [0.2, 0.25) is 5.91 Å². The van der Waals surface area contributed by atoms with Gasteiger partial charge in [-0.1, -0.05) is 24.3 Å². The Kier molecular flexibility index (Phi) is 5.34. The second-order valence-electron chi connectivity index (χ2n) is 6.07. The summed E-state index contributed by atoms with van der Waals surface area (Å²) in [5, 5.41) is 2.92. The number of alkyl halides is 2. The summed E-state index contributed by atoms with van der Waals surface area (Å²) in [4.78, 5) is 16.7. The summed E-state index contributed by atoms with van der Waals surface area (Å²) in [5.41, 5.74) is 2.00. The van der Waals surface area contributed by atoms with Crippen molar-refractivity contribution in [3.05, 3.63) is 48.0 Å². The Morgan fingerprint density at radius 3 is 2.86 bits per heavy atom. The van der Waals surface area contributed by atoms with Crippen molar-refractivity contribution in [1.82, 2.24) is 14.9 Å². The first-order chi connectivity index (χ1) is 13.6. The van der Waals surface area contributed by atoms with Crippen molar-refractivity contribution in [1.29, 1.82) is 0 Å². The monoisotopic (exact) mass is 405 g/mol. The molecule has 0 saturated carbocycles. The maximum absolute atomic E-state index is 12.9. The van der Waals surface area contributed by atoms with Gasteiger partial charge < -0.3 is 19.4 Å². The lowest BCUT2D eigenvalue weighted by Gasteiger charge is -2.21. The number of nitrogens with zero attached hydrogens (tertiary/aromatic N) is 2. The van der Waals surface area contributed by atoms with Gasteiger partial charge in [-0.3, -0.25) is 4.79 Å². The van der Waals surface area contributed by atoms with E-state index in [0.717, 1.165) is 5.56 Å². The maximum Gasteiger partial charge on any atom is 0.291 e. The topological polar surface area (TPSA) is 65.4 Å². The van der Waals surface area contributed by atoms with Gasteiger partial charge in [-0.15, -0.1) is 0 Å². The van der Waals surface area contributed by atoms with Crippen molar-refractivity contribution in [2.75, 3.05) is 13.2 Å². The van der Waals surface area contributed by atoms with Crippen LogP contribution in [0, 0.1) is 0 Å². The number of hydrogen-bond acceptors (Lipinski definition) is 5. The Labute approximate surface area is 163 Å². The van der Waals surface area contributed by atoms with Gasteiger partial charge in [0.25, 0.3) is 5.76 Å². The zero-order valence-corrected chi connectivity index (χ0v) is 15.5. The lowest BCUT2D eigenvalue weighted by molar-refractivity contribution is -0.121. The second-order valence-corrected chi connectivity index (χ2v) is 7.02. The number of fused-ring (bicyclic) bond motifs is 2. The van der Waals surface area contributed by atoms with Crippen LogP contribution >= 0.6 is 11.8 Å². The molecule has 1 N–H and O–H groups in total. The smallest absolute Gasteiger partial charge is 0.291 e. The molecule has 3 aromatic rings. The third kappa shape index (κ3) is 3.89. The highest BCUT2D eigenvalue weighted by atomic mass is 32.2. The number of hydrogen-bond donors (Lipinski definition) is 1. The number of para-hydroxylation sites is 3. The fraction of sp³-hybridized carbons (Fsp3) is 0.263. The minimum atomic E-state index is -2.62. The Morgan fingerprint density at radius 2 is 2.00 bits per heavy atom. The first-order valence-electron chi connectivity index (χ1n) is 8.66. The number of aromatic nitrogens is 2. The van der Waals surface area contributed by atoms with E-state index >= 15 is 0 Å². The second kappa shape index (κ2) is 8.05. The number of imidazole rings is 1. The molecule has 0 saturated heterocycles. The lowest BCUT2D eigenvalue weighted by atomic mass is 10.1. The van der Waals surface area contributed by atoms with Gasteiger partial charge >= 0.3 is 0 Å².